The second kappa shape index (κ2) is 8.91. The largest absolute Gasteiger partial charge is 0.454 e. The van der Waals surface area contributed by atoms with Crippen molar-refractivity contribution in [3.8, 4) is 0 Å². The lowest BCUT2D eigenvalue weighted by atomic mass is 10.2. The summed E-state index contributed by atoms with van der Waals surface area (Å²) in [6.45, 7) is -0.886. The summed E-state index contributed by atoms with van der Waals surface area (Å²) in [5.41, 5.74) is 0. The first kappa shape index (κ1) is 20.8. The van der Waals surface area contributed by atoms with E-state index in [0.717, 1.165) is 16.4 Å². The Morgan fingerprint density at radius 2 is 1.96 bits per heavy atom. The number of hydrogen-bond donors (Lipinski definition) is 2. The third-order valence-electron chi connectivity index (χ3n) is 3.97. The number of likely N-dealkylation sites (N-methyl/N-ethyl adjacent to an activating group) is 1. The summed E-state index contributed by atoms with van der Waals surface area (Å²) in [5, 5.41) is 4.55. The Morgan fingerprint density at radius 3 is 2.63 bits per heavy atom. The maximum absolute atomic E-state index is 13.9. The highest BCUT2D eigenvalue weighted by atomic mass is 32.2. The van der Waals surface area contributed by atoms with E-state index in [1.807, 2.05) is 0 Å². The van der Waals surface area contributed by atoms with Crippen LogP contribution < -0.4 is 10.6 Å². The lowest BCUT2D eigenvalue weighted by Crippen LogP contribution is -2.43. The second-order valence-corrected chi connectivity index (χ2v) is 7.62. The molecular formula is C16H20FN3O6S. The van der Waals surface area contributed by atoms with Gasteiger partial charge in [0.25, 0.3) is 5.91 Å². The van der Waals surface area contributed by atoms with E-state index in [9.17, 15) is 27.2 Å². The molecule has 27 heavy (non-hydrogen) atoms. The number of carbonyl (C=O) groups excluding carboxylic acids is 3. The van der Waals surface area contributed by atoms with Gasteiger partial charge in [0.15, 0.2) is 6.61 Å². The highest BCUT2D eigenvalue weighted by Gasteiger charge is 2.41. The van der Waals surface area contributed by atoms with Crippen molar-refractivity contribution in [2.24, 2.45) is 0 Å². The number of esters is 1. The minimum atomic E-state index is -4.22. The zero-order valence-electron chi connectivity index (χ0n) is 14.6. The Kier molecular flexibility index (Phi) is 6.86. The molecule has 0 aromatic heterocycles. The number of carbonyl (C=O) groups is 3. The number of nitrogens with one attached hydrogen (secondary N) is 2. The zero-order valence-corrected chi connectivity index (χ0v) is 15.4. The highest BCUT2D eigenvalue weighted by Crippen LogP contribution is 2.28. The van der Waals surface area contributed by atoms with E-state index in [2.05, 4.69) is 10.6 Å². The topological polar surface area (TPSA) is 122 Å². The number of benzene rings is 1. The van der Waals surface area contributed by atoms with Crippen molar-refractivity contribution >= 4 is 27.8 Å². The van der Waals surface area contributed by atoms with E-state index in [1.165, 1.54) is 19.2 Å². The molecule has 0 radical (unpaired) electrons. The Hall–Kier alpha value is -2.53. The minimum Gasteiger partial charge on any atom is -0.454 e. The fraction of sp³-hybridized carbons (Fsp3) is 0.438. The van der Waals surface area contributed by atoms with E-state index in [0.29, 0.717) is 6.42 Å². The summed E-state index contributed by atoms with van der Waals surface area (Å²) in [6, 6.07) is 3.75. The van der Waals surface area contributed by atoms with Gasteiger partial charge < -0.3 is 15.4 Å². The van der Waals surface area contributed by atoms with Gasteiger partial charge in [-0.2, -0.15) is 4.31 Å². The van der Waals surface area contributed by atoms with E-state index < -0.39 is 51.2 Å². The van der Waals surface area contributed by atoms with Gasteiger partial charge in [-0.05, 0) is 25.0 Å². The van der Waals surface area contributed by atoms with Crippen molar-refractivity contribution in [3.63, 3.8) is 0 Å². The van der Waals surface area contributed by atoms with Crippen LogP contribution in [0.1, 0.15) is 12.8 Å². The van der Waals surface area contributed by atoms with Gasteiger partial charge in [-0.1, -0.05) is 12.1 Å². The smallest absolute Gasteiger partial charge is 0.324 e. The predicted molar refractivity (Wildman–Crippen MR) is 91.3 cm³/mol. The monoisotopic (exact) mass is 401 g/mol. The maximum Gasteiger partial charge on any atom is 0.324 e. The van der Waals surface area contributed by atoms with Gasteiger partial charge >= 0.3 is 5.97 Å². The van der Waals surface area contributed by atoms with Crippen LogP contribution in [0.5, 0.6) is 0 Å². The first-order valence-corrected chi connectivity index (χ1v) is 9.61. The van der Waals surface area contributed by atoms with Crippen LogP contribution in [0.25, 0.3) is 0 Å². The van der Waals surface area contributed by atoms with Gasteiger partial charge in [-0.15, -0.1) is 0 Å². The number of sulfonamides is 1. The van der Waals surface area contributed by atoms with Gasteiger partial charge in [-0.3, -0.25) is 14.4 Å². The van der Waals surface area contributed by atoms with Crippen LogP contribution in [0.2, 0.25) is 0 Å². The van der Waals surface area contributed by atoms with E-state index in [-0.39, 0.29) is 19.5 Å². The van der Waals surface area contributed by atoms with Crippen LogP contribution >= 0.6 is 0 Å². The molecule has 1 atom stereocenters. The lowest BCUT2D eigenvalue weighted by molar-refractivity contribution is -0.151. The number of halogens is 1. The molecule has 1 aliphatic heterocycles. The van der Waals surface area contributed by atoms with Gasteiger partial charge in [0.1, 0.15) is 16.8 Å². The molecule has 2 amide bonds. The van der Waals surface area contributed by atoms with Crippen molar-refractivity contribution < 1.29 is 31.9 Å². The summed E-state index contributed by atoms with van der Waals surface area (Å²) < 4.78 is 45.0. The molecule has 1 aromatic carbocycles. The van der Waals surface area contributed by atoms with Crippen molar-refractivity contribution in [2.45, 2.75) is 23.8 Å². The summed E-state index contributed by atoms with van der Waals surface area (Å²) in [6.07, 6.45) is 0.600. The Balaban J connectivity index is 2.01. The quantitative estimate of drug-likeness (QED) is 0.588. The van der Waals surface area contributed by atoms with Crippen molar-refractivity contribution in [1.29, 1.82) is 0 Å². The van der Waals surface area contributed by atoms with Gasteiger partial charge in [0, 0.05) is 13.6 Å². The fourth-order valence-electron chi connectivity index (χ4n) is 2.59. The summed E-state index contributed by atoms with van der Waals surface area (Å²) in [7, 11) is -2.82. The number of rotatable bonds is 7. The van der Waals surface area contributed by atoms with Crippen LogP contribution in [0.15, 0.2) is 29.2 Å². The molecule has 1 saturated heterocycles. The summed E-state index contributed by atoms with van der Waals surface area (Å²) in [4.78, 5) is 34.3. The summed E-state index contributed by atoms with van der Waals surface area (Å²) >= 11 is 0. The van der Waals surface area contributed by atoms with E-state index in [1.54, 1.807) is 0 Å². The molecule has 1 heterocycles. The maximum atomic E-state index is 13.9. The molecule has 0 spiro atoms. The van der Waals surface area contributed by atoms with Crippen molar-refractivity contribution in [2.75, 3.05) is 26.7 Å². The average Bonchev–Trinajstić information content (AvgIpc) is 3.15. The van der Waals surface area contributed by atoms with Gasteiger partial charge in [0.2, 0.25) is 15.9 Å². The molecule has 0 unspecified atom stereocenters. The SMILES string of the molecule is CNC(=O)CNC(=O)COC(=O)[C@@H]1CCCN1S(=O)(=O)c1ccccc1F. The van der Waals surface area contributed by atoms with Gasteiger partial charge in [0.05, 0.1) is 6.54 Å². The van der Waals surface area contributed by atoms with Crippen LogP contribution in [-0.4, -0.2) is 63.3 Å². The highest BCUT2D eigenvalue weighted by molar-refractivity contribution is 7.89. The van der Waals surface area contributed by atoms with Crippen LogP contribution in [-0.2, 0) is 29.1 Å². The molecule has 0 saturated carbocycles. The van der Waals surface area contributed by atoms with E-state index >= 15 is 0 Å². The first-order chi connectivity index (χ1) is 12.8. The molecule has 0 aliphatic carbocycles. The zero-order chi connectivity index (χ0) is 20.0. The molecule has 2 rings (SSSR count). The standard InChI is InChI=1S/C16H20FN3O6S/c1-18-14(21)9-19-15(22)10-26-16(23)12-6-4-8-20(12)27(24,25)13-7-3-2-5-11(13)17/h2-3,5,7,12H,4,6,8-10H2,1H3,(H,18,21)(H,19,22)/t12-/m0/s1. The Bertz CT molecular complexity index is 829. The minimum absolute atomic E-state index is 0.0410. The fourth-order valence-corrected chi connectivity index (χ4v) is 4.31. The number of nitrogens with zero attached hydrogens (tertiary/aromatic N) is 1. The lowest BCUT2D eigenvalue weighted by Gasteiger charge is -2.22. The molecule has 0 bridgehead atoms. The molecule has 9 nitrogen and oxygen atoms in total. The van der Waals surface area contributed by atoms with E-state index in [4.69, 9.17) is 4.74 Å². The molecule has 148 valence electrons. The molecule has 11 heteroatoms. The van der Waals surface area contributed by atoms with Crippen LogP contribution in [0.3, 0.4) is 0 Å². The van der Waals surface area contributed by atoms with Gasteiger partial charge in [-0.25, -0.2) is 12.8 Å². The molecule has 1 fully saturated rings. The van der Waals surface area contributed by atoms with Crippen molar-refractivity contribution in [1.82, 2.24) is 14.9 Å². The third-order valence-corrected chi connectivity index (χ3v) is 5.91. The number of amides is 2. The first-order valence-electron chi connectivity index (χ1n) is 8.17. The van der Waals surface area contributed by atoms with Crippen molar-refractivity contribution in [3.05, 3.63) is 30.1 Å². The number of ether oxygens (including phenoxy) is 1. The second-order valence-electron chi connectivity index (χ2n) is 5.76. The van der Waals surface area contributed by atoms with Crippen LogP contribution in [0, 0.1) is 5.82 Å². The molecule has 1 aliphatic rings. The van der Waals surface area contributed by atoms with Crippen LogP contribution in [0.4, 0.5) is 4.39 Å². The predicted octanol–water partition coefficient (Wildman–Crippen LogP) is -0.616. The molecular weight excluding hydrogens is 381 g/mol. The normalized spacial score (nSPS) is 17.3. The average molecular weight is 401 g/mol. The Labute approximate surface area is 155 Å². The Morgan fingerprint density at radius 1 is 1.26 bits per heavy atom. The molecule has 1 aromatic rings. The number of hydrogen-bond acceptors (Lipinski definition) is 6. The summed E-state index contributed by atoms with van der Waals surface area (Å²) in [5.74, 6) is -2.94. The third kappa shape index (κ3) is 5.01. The molecule has 2 N–H and O–H groups in total.